The molecule has 0 heterocycles. The summed E-state index contributed by atoms with van der Waals surface area (Å²) >= 11 is 0. The second kappa shape index (κ2) is 24.7. The van der Waals surface area contributed by atoms with E-state index in [1.54, 1.807) is 6.08 Å². The van der Waals surface area contributed by atoms with Gasteiger partial charge in [0.1, 0.15) is 0 Å². The average molecular weight is 480 g/mol. The zero-order valence-electron chi connectivity index (χ0n) is 22.0. The number of hydrogen-bond donors (Lipinski definition) is 4. The Morgan fingerprint density at radius 1 is 0.735 bits per heavy atom. The van der Waals surface area contributed by atoms with Crippen molar-refractivity contribution in [2.24, 2.45) is 0 Å². The second-order valence-electron chi connectivity index (χ2n) is 9.28. The molecule has 3 unspecified atom stereocenters. The fraction of sp³-hybridized carbons (Fsp3) is 0.759. The van der Waals surface area contributed by atoms with E-state index in [0.717, 1.165) is 44.9 Å². The predicted molar refractivity (Wildman–Crippen MR) is 144 cm³/mol. The van der Waals surface area contributed by atoms with Crippen molar-refractivity contribution in [3.63, 3.8) is 0 Å². The zero-order chi connectivity index (χ0) is 25.3. The van der Waals surface area contributed by atoms with Crippen molar-refractivity contribution in [3.05, 3.63) is 36.5 Å². The first-order valence-electron chi connectivity index (χ1n) is 13.8. The molecule has 0 bridgehead atoms. The van der Waals surface area contributed by atoms with Crippen molar-refractivity contribution < 1.29 is 20.1 Å². The molecule has 0 saturated heterocycles. The van der Waals surface area contributed by atoms with Crippen LogP contribution in [-0.2, 0) is 4.79 Å². The Balaban J connectivity index is 3.97. The van der Waals surface area contributed by atoms with Crippen LogP contribution in [0, 0.1) is 0 Å². The first-order valence-corrected chi connectivity index (χ1v) is 13.8. The lowest BCUT2D eigenvalue weighted by Gasteiger charge is -2.21. The molecule has 0 saturated carbocycles. The first-order chi connectivity index (χ1) is 16.5. The lowest BCUT2D eigenvalue weighted by Crippen LogP contribution is -2.45. The van der Waals surface area contributed by atoms with Crippen LogP contribution in [0.4, 0.5) is 0 Å². The lowest BCUT2D eigenvalue weighted by atomic mass is 10.0. The van der Waals surface area contributed by atoms with Crippen molar-refractivity contribution in [2.75, 3.05) is 6.61 Å². The Morgan fingerprint density at radius 2 is 1.26 bits per heavy atom. The van der Waals surface area contributed by atoms with Crippen LogP contribution in [0.25, 0.3) is 0 Å². The molecule has 5 heteroatoms. The minimum atomic E-state index is -0.952. The molecule has 34 heavy (non-hydrogen) atoms. The van der Waals surface area contributed by atoms with E-state index in [2.05, 4.69) is 43.5 Å². The highest BCUT2D eigenvalue weighted by Gasteiger charge is 2.19. The van der Waals surface area contributed by atoms with Gasteiger partial charge < -0.3 is 20.6 Å². The summed E-state index contributed by atoms with van der Waals surface area (Å²) in [6.45, 7) is 4.04. The summed E-state index contributed by atoms with van der Waals surface area (Å²) in [6, 6.07) is -0.760. The third kappa shape index (κ3) is 21.1. The maximum atomic E-state index is 12.2. The summed E-state index contributed by atoms with van der Waals surface area (Å²) in [5.74, 6) is -0.338. The molecule has 0 aromatic heterocycles. The molecule has 0 aliphatic rings. The fourth-order valence-corrected chi connectivity index (χ4v) is 3.73. The van der Waals surface area contributed by atoms with E-state index in [1.165, 1.54) is 44.9 Å². The van der Waals surface area contributed by atoms with E-state index >= 15 is 0 Å². The molecule has 0 aliphatic carbocycles. The van der Waals surface area contributed by atoms with Gasteiger partial charge >= 0.3 is 0 Å². The Morgan fingerprint density at radius 3 is 1.82 bits per heavy atom. The third-order valence-corrected chi connectivity index (χ3v) is 5.89. The minimum Gasteiger partial charge on any atom is -0.394 e. The zero-order valence-corrected chi connectivity index (χ0v) is 22.0. The molecule has 5 nitrogen and oxygen atoms in total. The summed E-state index contributed by atoms with van der Waals surface area (Å²) in [5.41, 5.74) is 0. The van der Waals surface area contributed by atoms with Crippen molar-refractivity contribution in [1.29, 1.82) is 0 Å². The second-order valence-corrected chi connectivity index (χ2v) is 9.28. The summed E-state index contributed by atoms with van der Waals surface area (Å²) in [7, 11) is 0. The van der Waals surface area contributed by atoms with Crippen LogP contribution in [0.15, 0.2) is 36.5 Å². The predicted octanol–water partition coefficient (Wildman–Crippen LogP) is 6.14. The smallest absolute Gasteiger partial charge is 0.222 e. The van der Waals surface area contributed by atoms with Gasteiger partial charge in [-0.15, -0.1) is 0 Å². The van der Waals surface area contributed by atoms with E-state index in [0.29, 0.717) is 6.42 Å². The number of nitrogens with one attached hydrogen (secondary N) is 1. The van der Waals surface area contributed by atoms with Gasteiger partial charge in [0.2, 0.25) is 5.91 Å². The molecule has 0 aromatic carbocycles. The van der Waals surface area contributed by atoms with Gasteiger partial charge in [-0.1, -0.05) is 108 Å². The maximum absolute atomic E-state index is 12.2. The van der Waals surface area contributed by atoms with Crippen molar-refractivity contribution in [2.45, 2.75) is 135 Å². The molecule has 4 N–H and O–H groups in total. The van der Waals surface area contributed by atoms with Crippen molar-refractivity contribution >= 4 is 5.91 Å². The fourth-order valence-electron chi connectivity index (χ4n) is 3.73. The quantitative estimate of drug-likeness (QED) is 0.105. The largest absolute Gasteiger partial charge is 0.394 e. The number of amides is 1. The number of allylic oxidation sites excluding steroid dienone is 5. The lowest BCUT2D eigenvalue weighted by molar-refractivity contribution is -0.124. The molecular formula is C29H53NO4. The van der Waals surface area contributed by atoms with Crippen molar-refractivity contribution in [1.82, 2.24) is 5.32 Å². The molecule has 1 amide bonds. The Bertz CT molecular complexity index is 544. The van der Waals surface area contributed by atoms with E-state index in [4.69, 9.17) is 0 Å². The number of aliphatic hydroxyl groups excluding tert-OH is 3. The van der Waals surface area contributed by atoms with Crippen LogP contribution in [0.2, 0.25) is 0 Å². The standard InChI is InChI=1S/C29H53NO4/c1-3-5-7-9-11-13-14-15-17-19-21-23-28(33)27(25-31)30-29(34)24-26(32)22-20-18-16-12-10-8-6-4-2/h7,9,14-15,21,23,26-28,31-33H,3-6,8,10-13,16-20,22,24-25H2,1-2H3,(H,30,34)/b9-7+,15-14+,23-21+. The minimum absolute atomic E-state index is 0.00185. The van der Waals surface area contributed by atoms with E-state index in [9.17, 15) is 20.1 Å². The summed E-state index contributed by atoms with van der Waals surface area (Å²) < 4.78 is 0. The molecule has 198 valence electrons. The molecule has 0 aliphatic heterocycles. The van der Waals surface area contributed by atoms with Gasteiger partial charge in [-0.2, -0.15) is 0 Å². The molecular weight excluding hydrogens is 426 g/mol. The van der Waals surface area contributed by atoms with Gasteiger partial charge in [-0.25, -0.2) is 0 Å². The topological polar surface area (TPSA) is 89.8 Å². The Kier molecular flexibility index (Phi) is 23.6. The van der Waals surface area contributed by atoms with Crippen LogP contribution in [0.1, 0.15) is 117 Å². The van der Waals surface area contributed by atoms with Gasteiger partial charge in [-0.3, -0.25) is 4.79 Å². The SMILES string of the molecule is CCC/C=C/CC/C=C/CC/C=C/C(O)C(CO)NC(=O)CC(O)CCCCCCCCCC. The van der Waals surface area contributed by atoms with E-state index in [-0.39, 0.29) is 18.9 Å². The molecule has 0 spiro atoms. The first kappa shape index (κ1) is 32.6. The van der Waals surface area contributed by atoms with Crippen LogP contribution in [0.3, 0.4) is 0 Å². The Hall–Kier alpha value is -1.43. The normalized spacial score (nSPS) is 14.9. The highest BCUT2D eigenvalue weighted by Crippen LogP contribution is 2.12. The number of unbranched alkanes of at least 4 members (excludes halogenated alkanes) is 10. The van der Waals surface area contributed by atoms with Gasteiger partial charge in [-0.05, 0) is 38.5 Å². The highest BCUT2D eigenvalue weighted by atomic mass is 16.3. The number of aliphatic hydroxyl groups is 3. The van der Waals surface area contributed by atoms with Crippen LogP contribution in [-0.4, -0.2) is 46.1 Å². The number of carbonyl (C=O) groups excluding carboxylic acids is 1. The van der Waals surface area contributed by atoms with Crippen LogP contribution < -0.4 is 5.32 Å². The molecule has 0 aromatic rings. The van der Waals surface area contributed by atoms with Crippen LogP contribution >= 0.6 is 0 Å². The summed E-state index contributed by atoms with van der Waals surface area (Å²) in [6.07, 6.45) is 27.0. The molecule has 0 radical (unpaired) electrons. The molecule has 0 fully saturated rings. The Labute approximate surface area is 209 Å². The van der Waals surface area contributed by atoms with Gasteiger partial charge in [0.25, 0.3) is 0 Å². The van der Waals surface area contributed by atoms with Gasteiger partial charge in [0.05, 0.1) is 31.3 Å². The molecule has 0 rings (SSSR count). The van der Waals surface area contributed by atoms with Gasteiger partial charge in [0, 0.05) is 0 Å². The van der Waals surface area contributed by atoms with E-state index in [1.807, 2.05) is 6.08 Å². The van der Waals surface area contributed by atoms with Crippen molar-refractivity contribution in [3.8, 4) is 0 Å². The monoisotopic (exact) mass is 479 g/mol. The summed E-state index contributed by atoms with van der Waals surface area (Å²) in [5, 5.41) is 32.6. The van der Waals surface area contributed by atoms with Gasteiger partial charge in [0.15, 0.2) is 0 Å². The summed E-state index contributed by atoms with van der Waals surface area (Å²) in [4.78, 5) is 12.2. The molecule has 3 atom stereocenters. The number of hydrogen-bond acceptors (Lipinski definition) is 4. The number of rotatable bonds is 23. The average Bonchev–Trinajstić information content (AvgIpc) is 2.82. The van der Waals surface area contributed by atoms with Crippen LogP contribution in [0.5, 0.6) is 0 Å². The highest BCUT2D eigenvalue weighted by molar-refractivity contribution is 5.76. The third-order valence-electron chi connectivity index (χ3n) is 5.89. The van der Waals surface area contributed by atoms with E-state index < -0.39 is 18.2 Å². The maximum Gasteiger partial charge on any atom is 0.222 e. The number of carbonyl (C=O) groups is 1.